The normalized spacial score (nSPS) is 10.4. The molecule has 0 aliphatic heterocycles. The Morgan fingerprint density at radius 2 is 2.21 bits per heavy atom. The van der Waals surface area contributed by atoms with Gasteiger partial charge in [-0.25, -0.2) is 0 Å². The van der Waals surface area contributed by atoms with E-state index in [1.165, 1.54) is 11.3 Å². The Morgan fingerprint density at radius 1 is 1.36 bits per heavy atom. The number of hydrogen-bond donors (Lipinski definition) is 2. The van der Waals surface area contributed by atoms with Gasteiger partial charge in [-0.1, -0.05) is 23.5 Å². The molecule has 0 unspecified atom stereocenters. The molecule has 0 amide bonds. The molecule has 2 rings (SSSR count). The summed E-state index contributed by atoms with van der Waals surface area (Å²) in [5.41, 5.74) is 7.59. The second-order valence-corrected chi connectivity index (χ2v) is 4.69. The minimum absolute atomic E-state index is 0.698. The number of benzene rings is 1. The molecule has 0 atom stereocenters. The number of nitrogen functional groups attached to an aromatic ring is 1. The van der Waals surface area contributed by atoms with Crippen LogP contribution in [0.15, 0.2) is 28.6 Å². The van der Waals surface area contributed by atoms with Crippen LogP contribution in [0.5, 0.6) is 0 Å². The van der Waals surface area contributed by atoms with Crippen molar-refractivity contribution in [3.63, 3.8) is 0 Å². The highest BCUT2D eigenvalue weighted by atomic mass is 32.2. The van der Waals surface area contributed by atoms with E-state index in [1.54, 1.807) is 0 Å². The van der Waals surface area contributed by atoms with Crippen molar-refractivity contribution in [3.05, 3.63) is 34.8 Å². The monoisotopic (exact) mass is 223 g/mol. The lowest BCUT2D eigenvalue weighted by molar-refractivity contribution is 0.959. The van der Waals surface area contributed by atoms with Gasteiger partial charge in [-0.15, -0.1) is 22.8 Å². The third-order valence-electron chi connectivity index (χ3n) is 1.76. The summed E-state index contributed by atoms with van der Waals surface area (Å²) < 4.78 is 0.698. The van der Waals surface area contributed by atoms with E-state index in [0.29, 0.717) is 4.34 Å². The number of nitrogens with zero attached hydrogens (tertiary/aromatic N) is 2. The fraction of sp³-hybridized carbons (Fsp3) is 0.111. The number of anilines is 1. The predicted molar refractivity (Wildman–Crippen MR) is 60.8 cm³/mol. The van der Waals surface area contributed by atoms with Gasteiger partial charge in [0.15, 0.2) is 4.34 Å². The van der Waals surface area contributed by atoms with E-state index in [0.717, 1.165) is 22.7 Å². The van der Waals surface area contributed by atoms with Gasteiger partial charge in [-0.05, 0) is 17.7 Å². The van der Waals surface area contributed by atoms with E-state index >= 15 is 0 Å². The van der Waals surface area contributed by atoms with Crippen molar-refractivity contribution in [3.8, 4) is 0 Å². The lowest BCUT2D eigenvalue weighted by Crippen LogP contribution is -1.90. The van der Waals surface area contributed by atoms with Crippen LogP contribution in [0.25, 0.3) is 0 Å². The van der Waals surface area contributed by atoms with Crippen molar-refractivity contribution in [1.29, 1.82) is 0 Å². The average Bonchev–Trinajstić information content (AvgIpc) is 2.51. The number of thiol groups is 1. The van der Waals surface area contributed by atoms with E-state index in [-0.39, 0.29) is 0 Å². The second kappa shape index (κ2) is 3.98. The van der Waals surface area contributed by atoms with Crippen molar-refractivity contribution >= 4 is 29.7 Å². The van der Waals surface area contributed by atoms with Crippen LogP contribution < -0.4 is 5.73 Å². The molecule has 1 aromatic heterocycles. The second-order valence-electron chi connectivity index (χ2n) is 2.90. The lowest BCUT2D eigenvalue weighted by atomic mass is 10.1. The van der Waals surface area contributed by atoms with E-state index in [2.05, 4.69) is 22.8 Å². The van der Waals surface area contributed by atoms with Gasteiger partial charge in [-0.3, -0.25) is 0 Å². The zero-order valence-electron chi connectivity index (χ0n) is 7.34. The van der Waals surface area contributed by atoms with Gasteiger partial charge in [0.2, 0.25) is 0 Å². The van der Waals surface area contributed by atoms with Crippen molar-refractivity contribution in [1.82, 2.24) is 10.2 Å². The smallest absolute Gasteiger partial charge is 0.171 e. The Kier molecular flexibility index (Phi) is 2.69. The predicted octanol–water partition coefficient (Wildman–Crippen LogP) is 2.00. The highest BCUT2D eigenvalue weighted by Crippen LogP contribution is 2.17. The molecule has 1 heterocycles. The minimum Gasteiger partial charge on any atom is -0.399 e. The summed E-state index contributed by atoms with van der Waals surface area (Å²) in [6, 6.07) is 7.77. The maximum absolute atomic E-state index is 5.67. The molecule has 0 bridgehead atoms. The third kappa shape index (κ3) is 2.24. The van der Waals surface area contributed by atoms with Crippen molar-refractivity contribution in [2.75, 3.05) is 5.73 Å². The van der Waals surface area contributed by atoms with E-state index in [9.17, 15) is 0 Å². The van der Waals surface area contributed by atoms with Crippen LogP contribution in [-0.4, -0.2) is 10.2 Å². The van der Waals surface area contributed by atoms with Crippen LogP contribution in [0.3, 0.4) is 0 Å². The van der Waals surface area contributed by atoms with E-state index < -0.39 is 0 Å². The Morgan fingerprint density at radius 3 is 2.86 bits per heavy atom. The van der Waals surface area contributed by atoms with Gasteiger partial charge in [0, 0.05) is 12.1 Å². The summed E-state index contributed by atoms with van der Waals surface area (Å²) in [7, 11) is 0. The van der Waals surface area contributed by atoms with Crippen molar-refractivity contribution in [2.24, 2.45) is 0 Å². The minimum atomic E-state index is 0.698. The SMILES string of the molecule is Nc1cccc(Cc2nnc(S)s2)c1. The molecule has 0 radical (unpaired) electrons. The quantitative estimate of drug-likeness (QED) is 0.605. The van der Waals surface area contributed by atoms with Crippen molar-refractivity contribution < 1.29 is 0 Å². The van der Waals surface area contributed by atoms with Crippen LogP contribution in [-0.2, 0) is 6.42 Å². The maximum atomic E-state index is 5.67. The van der Waals surface area contributed by atoms with Crippen LogP contribution in [0.1, 0.15) is 10.6 Å². The molecule has 5 heteroatoms. The van der Waals surface area contributed by atoms with Gasteiger partial charge in [0.1, 0.15) is 5.01 Å². The first kappa shape index (κ1) is 9.48. The van der Waals surface area contributed by atoms with Crippen LogP contribution in [0.2, 0.25) is 0 Å². The average molecular weight is 223 g/mol. The molecule has 2 N–H and O–H groups in total. The molecular formula is C9H9N3S2. The molecule has 0 aliphatic carbocycles. The van der Waals surface area contributed by atoms with Gasteiger partial charge in [0.05, 0.1) is 0 Å². The summed E-state index contributed by atoms with van der Waals surface area (Å²) in [6.45, 7) is 0. The zero-order valence-corrected chi connectivity index (χ0v) is 9.05. The topological polar surface area (TPSA) is 51.8 Å². The van der Waals surface area contributed by atoms with Gasteiger partial charge in [-0.2, -0.15) is 0 Å². The molecule has 0 saturated carbocycles. The molecule has 1 aromatic carbocycles. The largest absolute Gasteiger partial charge is 0.399 e. The molecular weight excluding hydrogens is 214 g/mol. The van der Waals surface area contributed by atoms with Gasteiger partial charge < -0.3 is 5.73 Å². The van der Waals surface area contributed by atoms with Crippen LogP contribution in [0, 0.1) is 0 Å². The summed E-state index contributed by atoms with van der Waals surface area (Å²) in [4.78, 5) is 0. The Balaban J connectivity index is 2.18. The highest BCUT2D eigenvalue weighted by molar-refractivity contribution is 7.82. The molecule has 0 saturated heterocycles. The first-order valence-electron chi connectivity index (χ1n) is 4.10. The Hall–Kier alpha value is -1.07. The van der Waals surface area contributed by atoms with Crippen LogP contribution >= 0.6 is 24.0 Å². The first-order valence-corrected chi connectivity index (χ1v) is 5.36. The zero-order chi connectivity index (χ0) is 9.97. The fourth-order valence-electron chi connectivity index (χ4n) is 1.19. The molecule has 72 valence electrons. The molecule has 0 fully saturated rings. The summed E-state index contributed by atoms with van der Waals surface area (Å²) in [5.74, 6) is 0. The highest BCUT2D eigenvalue weighted by Gasteiger charge is 2.02. The van der Waals surface area contributed by atoms with Gasteiger partial charge >= 0.3 is 0 Å². The molecule has 2 aromatic rings. The molecule has 14 heavy (non-hydrogen) atoms. The standard InChI is InChI=1S/C9H9N3S2/c10-7-3-1-2-6(4-7)5-8-11-12-9(13)14-8/h1-4H,5,10H2,(H,12,13). The molecule has 0 aliphatic rings. The summed E-state index contributed by atoms with van der Waals surface area (Å²) in [6.07, 6.45) is 0.767. The van der Waals surface area contributed by atoms with Gasteiger partial charge in [0.25, 0.3) is 0 Å². The van der Waals surface area contributed by atoms with Crippen molar-refractivity contribution in [2.45, 2.75) is 10.8 Å². The first-order chi connectivity index (χ1) is 6.74. The Bertz CT molecular complexity index is 439. The number of aromatic nitrogens is 2. The maximum Gasteiger partial charge on any atom is 0.171 e. The summed E-state index contributed by atoms with van der Waals surface area (Å²) in [5, 5.41) is 8.79. The van der Waals surface area contributed by atoms with E-state index in [4.69, 9.17) is 5.73 Å². The summed E-state index contributed by atoms with van der Waals surface area (Å²) >= 11 is 5.60. The Labute approximate surface area is 91.4 Å². The number of nitrogens with two attached hydrogens (primary N) is 1. The molecule has 0 spiro atoms. The van der Waals surface area contributed by atoms with Crippen LogP contribution in [0.4, 0.5) is 5.69 Å². The fourth-order valence-corrected chi connectivity index (χ4v) is 2.17. The van der Waals surface area contributed by atoms with E-state index in [1.807, 2.05) is 24.3 Å². The number of hydrogen-bond acceptors (Lipinski definition) is 5. The molecule has 3 nitrogen and oxygen atoms in total. The lowest BCUT2D eigenvalue weighted by Gasteiger charge is -1.98. The third-order valence-corrected chi connectivity index (χ3v) is 2.85. The number of rotatable bonds is 2.